The number of nitrogens with two attached hydrogens (primary N) is 1. The van der Waals surface area contributed by atoms with Gasteiger partial charge in [-0.15, -0.1) is 0 Å². The Morgan fingerprint density at radius 2 is 2.17 bits per heavy atom. The molecule has 100 valence electrons. The Kier molecular flexibility index (Phi) is 4.49. The van der Waals surface area contributed by atoms with Crippen LogP contribution in [0.15, 0.2) is 18.2 Å². The lowest BCUT2D eigenvalue weighted by atomic mass is 10.0. The number of benzene rings is 1. The van der Waals surface area contributed by atoms with Crippen LogP contribution in [0.1, 0.15) is 20.3 Å². The Bertz CT molecular complexity index is 432. The third-order valence-corrected chi connectivity index (χ3v) is 2.72. The van der Waals surface area contributed by atoms with Gasteiger partial charge in [-0.25, -0.2) is 0 Å². The largest absolute Gasteiger partial charge is 0.492 e. The monoisotopic (exact) mass is 254 g/mol. The molecule has 0 fully saturated rings. The summed E-state index contributed by atoms with van der Waals surface area (Å²) in [6.07, 6.45) is 0.775. The molecular weight excluding hydrogens is 236 g/mol. The summed E-state index contributed by atoms with van der Waals surface area (Å²) in [4.78, 5) is 10.2. The first-order valence-electron chi connectivity index (χ1n) is 5.63. The van der Waals surface area contributed by atoms with Gasteiger partial charge in [-0.05, 0) is 19.4 Å². The number of ether oxygens (including phenoxy) is 2. The zero-order valence-corrected chi connectivity index (χ0v) is 10.8. The second kappa shape index (κ2) is 5.68. The molecule has 1 rings (SSSR count). The van der Waals surface area contributed by atoms with E-state index in [0.717, 1.165) is 6.42 Å². The van der Waals surface area contributed by atoms with Gasteiger partial charge in [0.2, 0.25) is 5.75 Å². The van der Waals surface area contributed by atoms with E-state index in [4.69, 9.17) is 15.2 Å². The van der Waals surface area contributed by atoms with Gasteiger partial charge in [0, 0.05) is 17.7 Å². The van der Waals surface area contributed by atoms with Gasteiger partial charge in [0.1, 0.15) is 12.4 Å². The molecular formula is C12H18N2O4. The fraction of sp³-hybridized carbons (Fsp3) is 0.500. The minimum Gasteiger partial charge on any atom is -0.492 e. The lowest BCUT2D eigenvalue weighted by Crippen LogP contribution is -2.41. The van der Waals surface area contributed by atoms with Crippen molar-refractivity contribution in [2.45, 2.75) is 25.8 Å². The molecule has 18 heavy (non-hydrogen) atoms. The van der Waals surface area contributed by atoms with Crippen LogP contribution in [0.5, 0.6) is 11.5 Å². The summed E-state index contributed by atoms with van der Waals surface area (Å²) in [7, 11) is 1.38. The number of nitro groups is 1. The Morgan fingerprint density at radius 3 is 2.67 bits per heavy atom. The normalized spacial score (nSPS) is 13.8. The molecule has 6 heteroatoms. The van der Waals surface area contributed by atoms with Crippen LogP contribution in [-0.2, 0) is 0 Å². The smallest absolute Gasteiger partial charge is 0.311 e. The molecule has 1 aromatic rings. The molecule has 1 atom stereocenters. The van der Waals surface area contributed by atoms with Gasteiger partial charge in [0.25, 0.3) is 0 Å². The van der Waals surface area contributed by atoms with Crippen molar-refractivity contribution in [1.82, 2.24) is 0 Å². The molecule has 0 radical (unpaired) electrons. The Balaban J connectivity index is 2.83. The van der Waals surface area contributed by atoms with Crippen molar-refractivity contribution < 1.29 is 14.4 Å². The fourth-order valence-electron chi connectivity index (χ4n) is 1.25. The van der Waals surface area contributed by atoms with E-state index in [1.54, 1.807) is 0 Å². The van der Waals surface area contributed by atoms with Crippen LogP contribution >= 0.6 is 0 Å². The molecule has 0 saturated heterocycles. The summed E-state index contributed by atoms with van der Waals surface area (Å²) < 4.78 is 10.5. The van der Waals surface area contributed by atoms with Crippen LogP contribution in [0.25, 0.3) is 0 Å². The third-order valence-electron chi connectivity index (χ3n) is 2.72. The zero-order chi connectivity index (χ0) is 13.8. The van der Waals surface area contributed by atoms with Crippen molar-refractivity contribution in [1.29, 1.82) is 0 Å². The lowest BCUT2D eigenvalue weighted by Gasteiger charge is -2.22. The van der Waals surface area contributed by atoms with Gasteiger partial charge in [-0.1, -0.05) is 6.92 Å². The Morgan fingerprint density at radius 1 is 1.50 bits per heavy atom. The highest BCUT2D eigenvalue weighted by Crippen LogP contribution is 2.31. The lowest BCUT2D eigenvalue weighted by molar-refractivity contribution is -0.385. The van der Waals surface area contributed by atoms with Crippen LogP contribution < -0.4 is 15.2 Å². The van der Waals surface area contributed by atoms with E-state index >= 15 is 0 Å². The topological polar surface area (TPSA) is 87.6 Å². The molecule has 0 bridgehead atoms. The Hall–Kier alpha value is -1.82. The predicted molar refractivity (Wildman–Crippen MR) is 68.0 cm³/mol. The van der Waals surface area contributed by atoms with E-state index in [1.165, 1.54) is 25.3 Å². The van der Waals surface area contributed by atoms with E-state index in [1.807, 2.05) is 13.8 Å². The van der Waals surface area contributed by atoms with Crippen molar-refractivity contribution in [2.75, 3.05) is 13.7 Å². The summed E-state index contributed by atoms with van der Waals surface area (Å²) in [5.41, 5.74) is 5.44. The first kappa shape index (κ1) is 14.2. The standard InChI is InChI=1S/C12H18N2O4/c1-4-12(2,13)8-18-9-5-6-10(14(15)16)11(7-9)17-3/h5-7H,4,8,13H2,1-3H3. The first-order valence-corrected chi connectivity index (χ1v) is 5.63. The second-order valence-electron chi connectivity index (χ2n) is 4.39. The van der Waals surface area contributed by atoms with E-state index < -0.39 is 10.5 Å². The molecule has 0 amide bonds. The maximum atomic E-state index is 10.7. The summed E-state index contributed by atoms with van der Waals surface area (Å²) in [5.74, 6) is 0.676. The number of hydrogen-bond donors (Lipinski definition) is 1. The van der Waals surface area contributed by atoms with Crippen LogP contribution in [0.3, 0.4) is 0 Å². The molecule has 0 aromatic heterocycles. The Labute approximate surface area is 106 Å². The van der Waals surface area contributed by atoms with Gasteiger partial charge in [0.05, 0.1) is 12.0 Å². The van der Waals surface area contributed by atoms with E-state index in [-0.39, 0.29) is 11.4 Å². The summed E-state index contributed by atoms with van der Waals surface area (Å²) in [6, 6.07) is 4.38. The minimum absolute atomic E-state index is 0.0872. The van der Waals surface area contributed by atoms with Gasteiger partial charge >= 0.3 is 5.69 Å². The van der Waals surface area contributed by atoms with E-state index in [2.05, 4.69) is 0 Å². The number of rotatable bonds is 6. The quantitative estimate of drug-likeness (QED) is 0.620. The molecule has 6 nitrogen and oxygen atoms in total. The summed E-state index contributed by atoms with van der Waals surface area (Å²) in [6.45, 7) is 4.19. The van der Waals surface area contributed by atoms with Crippen LogP contribution in [0, 0.1) is 10.1 Å². The number of nitro benzene ring substituents is 1. The van der Waals surface area contributed by atoms with Gasteiger partial charge < -0.3 is 15.2 Å². The maximum absolute atomic E-state index is 10.7. The molecule has 1 aromatic carbocycles. The summed E-state index contributed by atoms with van der Waals surface area (Å²) in [5, 5.41) is 10.7. The maximum Gasteiger partial charge on any atom is 0.311 e. The SMILES string of the molecule is CCC(C)(N)COc1ccc([N+](=O)[O-])c(OC)c1. The number of nitrogens with zero attached hydrogens (tertiary/aromatic N) is 1. The van der Waals surface area contributed by atoms with Crippen molar-refractivity contribution in [3.05, 3.63) is 28.3 Å². The van der Waals surface area contributed by atoms with Crippen LogP contribution in [-0.4, -0.2) is 24.2 Å². The highest BCUT2D eigenvalue weighted by Gasteiger charge is 2.19. The van der Waals surface area contributed by atoms with E-state index in [9.17, 15) is 10.1 Å². The number of hydrogen-bond acceptors (Lipinski definition) is 5. The van der Waals surface area contributed by atoms with Crippen LogP contribution in [0.2, 0.25) is 0 Å². The van der Waals surface area contributed by atoms with E-state index in [0.29, 0.717) is 12.4 Å². The predicted octanol–water partition coefficient (Wildman–Crippen LogP) is 2.11. The second-order valence-corrected chi connectivity index (χ2v) is 4.39. The van der Waals surface area contributed by atoms with Crippen molar-refractivity contribution in [3.8, 4) is 11.5 Å². The molecule has 0 aliphatic carbocycles. The molecule has 0 aliphatic heterocycles. The van der Waals surface area contributed by atoms with Gasteiger partial charge in [-0.2, -0.15) is 0 Å². The molecule has 0 aliphatic rings. The fourth-order valence-corrected chi connectivity index (χ4v) is 1.25. The van der Waals surface area contributed by atoms with Crippen LogP contribution in [0.4, 0.5) is 5.69 Å². The van der Waals surface area contributed by atoms with Gasteiger partial charge in [0.15, 0.2) is 0 Å². The van der Waals surface area contributed by atoms with Crippen molar-refractivity contribution in [3.63, 3.8) is 0 Å². The first-order chi connectivity index (χ1) is 8.39. The molecule has 1 unspecified atom stereocenters. The average Bonchev–Trinajstić information content (AvgIpc) is 2.36. The molecule has 0 heterocycles. The van der Waals surface area contributed by atoms with Crippen molar-refractivity contribution >= 4 is 5.69 Å². The van der Waals surface area contributed by atoms with Gasteiger partial charge in [-0.3, -0.25) is 10.1 Å². The highest BCUT2D eigenvalue weighted by molar-refractivity contribution is 5.50. The minimum atomic E-state index is -0.498. The van der Waals surface area contributed by atoms with Crippen molar-refractivity contribution in [2.24, 2.45) is 5.73 Å². The number of methoxy groups -OCH3 is 1. The summed E-state index contributed by atoms with van der Waals surface area (Å²) >= 11 is 0. The third kappa shape index (κ3) is 3.59. The zero-order valence-electron chi connectivity index (χ0n) is 10.8. The molecule has 2 N–H and O–H groups in total. The average molecular weight is 254 g/mol. The molecule has 0 saturated carbocycles. The highest BCUT2D eigenvalue weighted by atomic mass is 16.6. The molecule has 0 spiro atoms.